The molecule has 1 N–H and O–H groups in total. The maximum absolute atomic E-state index is 10.7. The van der Waals surface area contributed by atoms with Gasteiger partial charge in [-0.1, -0.05) is 35.2 Å². The van der Waals surface area contributed by atoms with Gasteiger partial charge < -0.3 is 10.0 Å². The molecular formula is C16H20BrNO2. The number of aliphatic carboxylic acids is 1. The first-order valence-corrected chi connectivity index (χ1v) is 7.80. The molecular weight excluding hydrogens is 318 g/mol. The molecule has 0 atom stereocenters. The monoisotopic (exact) mass is 337 g/mol. The molecule has 1 fully saturated rings. The number of rotatable bonds is 4. The van der Waals surface area contributed by atoms with E-state index in [0.717, 1.165) is 15.7 Å². The molecule has 2 rings (SSSR count). The Hall–Kier alpha value is -1.29. The third kappa shape index (κ3) is 3.85. The van der Waals surface area contributed by atoms with Gasteiger partial charge in [-0.3, -0.25) is 0 Å². The zero-order chi connectivity index (χ0) is 14.5. The Labute approximate surface area is 128 Å². The van der Waals surface area contributed by atoms with Crippen molar-refractivity contribution in [1.29, 1.82) is 0 Å². The predicted octanol–water partition coefficient (Wildman–Crippen LogP) is 4.32. The van der Waals surface area contributed by atoms with Gasteiger partial charge in [0.25, 0.3) is 0 Å². The highest BCUT2D eigenvalue weighted by atomic mass is 79.9. The van der Waals surface area contributed by atoms with Gasteiger partial charge in [-0.05, 0) is 42.7 Å². The quantitative estimate of drug-likeness (QED) is 0.832. The lowest BCUT2D eigenvalue weighted by atomic mass is 9.93. The van der Waals surface area contributed by atoms with E-state index in [1.807, 2.05) is 12.1 Å². The Kier molecular flexibility index (Phi) is 5.24. The van der Waals surface area contributed by atoms with Crippen molar-refractivity contribution in [2.75, 3.05) is 11.9 Å². The molecule has 1 aliphatic carbocycles. The number of carbonyl (C=O) groups is 1. The Morgan fingerprint density at radius 2 is 2.05 bits per heavy atom. The van der Waals surface area contributed by atoms with Crippen molar-refractivity contribution in [3.63, 3.8) is 0 Å². The van der Waals surface area contributed by atoms with E-state index in [2.05, 4.69) is 33.9 Å². The van der Waals surface area contributed by atoms with Crippen molar-refractivity contribution in [1.82, 2.24) is 0 Å². The fourth-order valence-corrected chi connectivity index (χ4v) is 3.18. The molecule has 0 aromatic heterocycles. The van der Waals surface area contributed by atoms with Crippen molar-refractivity contribution in [2.45, 2.75) is 38.1 Å². The molecule has 1 aromatic rings. The summed E-state index contributed by atoms with van der Waals surface area (Å²) in [4.78, 5) is 13.0. The van der Waals surface area contributed by atoms with Gasteiger partial charge in [0.05, 0.1) is 0 Å². The molecule has 0 amide bonds. The molecule has 20 heavy (non-hydrogen) atoms. The summed E-state index contributed by atoms with van der Waals surface area (Å²) in [6, 6.07) is 6.59. The minimum absolute atomic E-state index is 0.557. The van der Waals surface area contributed by atoms with Gasteiger partial charge in [0.1, 0.15) is 0 Å². The van der Waals surface area contributed by atoms with E-state index >= 15 is 0 Å². The van der Waals surface area contributed by atoms with Crippen molar-refractivity contribution in [2.24, 2.45) is 0 Å². The molecule has 0 saturated heterocycles. The van der Waals surface area contributed by atoms with E-state index < -0.39 is 5.97 Å². The number of carboxylic acids is 1. The maximum Gasteiger partial charge on any atom is 0.328 e. The Morgan fingerprint density at radius 3 is 2.70 bits per heavy atom. The number of carboxylic acid groups (broad SMARTS) is 1. The van der Waals surface area contributed by atoms with E-state index in [1.54, 1.807) is 6.08 Å². The lowest BCUT2D eigenvalue weighted by Gasteiger charge is -2.34. The summed E-state index contributed by atoms with van der Waals surface area (Å²) in [5.74, 6) is -0.920. The van der Waals surface area contributed by atoms with Crippen molar-refractivity contribution < 1.29 is 9.90 Å². The van der Waals surface area contributed by atoms with Crippen LogP contribution in [0.5, 0.6) is 0 Å². The van der Waals surface area contributed by atoms with Gasteiger partial charge in [0.2, 0.25) is 0 Å². The molecule has 1 aromatic carbocycles. The second-order valence-corrected chi connectivity index (χ2v) is 6.19. The average molecular weight is 338 g/mol. The van der Waals surface area contributed by atoms with Crippen LogP contribution < -0.4 is 4.90 Å². The molecule has 108 valence electrons. The molecule has 0 radical (unpaired) electrons. The van der Waals surface area contributed by atoms with E-state index in [-0.39, 0.29) is 0 Å². The highest BCUT2D eigenvalue weighted by Gasteiger charge is 2.19. The van der Waals surface area contributed by atoms with Gasteiger partial charge >= 0.3 is 5.97 Å². The molecule has 1 aliphatic rings. The van der Waals surface area contributed by atoms with E-state index in [1.165, 1.54) is 38.2 Å². The second-order valence-electron chi connectivity index (χ2n) is 5.28. The van der Waals surface area contributed by atoms with Crippen LogP contribution in [-0.2, 0) is 4.79 Å². The lowest BCUT2D eigenvalue weighted by molar-refractivity contribution is -0.131. The van der Waals surface area contributed by atoms with Crippen LogP contribution in [0.2, 0.25) is 0 Å². The van der Waals surface area contributed by atoms with Crippen LogP contribution in [-0.4, -0.2) is 24.2 Å². The summed E-state index contributed by atoms with van der Waals surface area (Å²) in [6.45, 7) is 0. The minimum atomic E-state index is -0.920. The van der Waals surface area contributed by atoms with E-state index in [0.29, 0.717) is 6.04 Å². The number of hydrogen-bond acceptors (Lipinski definition) is 2. The standard InChI is InChI=1S/C16H20BrNO2/c1-18(14-5-3-2-4-6-14)15-9-8-13(17)11-12(15)7-10-16(19)20/h7-11,14H,2-6H2,1H3,(H,19,20)/b10-7+. The van der Waals surface area contributed by atoms with Crippen molar-refractivity contribution in [3.8, 4) is 0 Å². The lowest BCUT2D eigenvalue weighted by Crippen LogP contribution is -2.33. The highest BCUT2D eigenvalue weighted by Crippen LogP contribution is 2.30. The third-order valence-electron chi connectivity index (χ3n) is 3.90. The fraction of sp³-hybridized carbons (Fsp3) is 0.438. The first kappa shape index (κ1) is 15.1. The number of anilines is 1. The first-order valence-electron chi connectivity index (χ1n) is 7.01. The van der Waals surface area contributed by atoms with Crippen LogP contribution in [0.3, 0.4) is 0 Å². The van der Waals surface area contributed by atoms with Crippen LogP contribution in [0, 0.1) is 0 Å². The van der Waals surface area contributed by atoms with Crippen LogP contribution in [0.15, 0.2) is 28.7 Å². The molecule has 4 heteroatoms. The van der Waals surface area contributed by atoms with Gasteiger partial charge in [-0.2, -0.15) is 0 Å². The third-order valence-corrected chi connectivity index (χ3v) is 4.39. The Bertz CT molecular complexity index is 507. The average Bonchev–Trinajstić information content (AvgIpc) is 2.45. The van der Waals surface area contributed by atoms with Gasteiger partial charge in [-0.15, -0.1) is 0 Å². The van der Waals surface area contributed by atoms with Gasteiger partial charge in [0.15, 0.2) is 0 Å². The molecule has 0 spiro atoms. The number of nitrogens with zero attached hydrogens (tertiary/aromatic N) is 1. The Balaban J connectivity index is 2.27. The maximum atomic E-state index is 10.7. The normalized spacial score (nSPS) is 16.5. The minimum Gasteiger partial charge on any atom is -0.478 e. The number of halogens is 1. The highest BCUT2D eigenvalue weighted by molar-refractivity contribution is 9.10. The van der Waals surface area contributed by atoms with Gasteiger partial charge in [0, 0.05) is 29.3 Å². The summed E-state index contributed by atoms with van der Waals surface area (Å²) in [5.41, 5.74) is 2.03. The summed E-state index contributed by atoms with van der Waals surface area (Å²) in [7, 11) is 2.11. The van der Waals surface area contributed by atoms with Gasteiger partial charge in [-0.25, -0.2) is 4.79 Å². The second kappa shape index (κ2) is 6.93. The molecule has 0 aliphatic heterocycles. The van der Waals surface area contributed by atoms with Crippen LogP contribution in [0.1, 0.15) is 37.7 Å². The molecule has 0 bridgehead atoms. The largest absolute Gasteiger partial charge is 0.478 e. The topological polar surface area (TPSA) is 40.5 Å². The predicted molar refractivity (Wildman–Crippen MR) is 86.1 cm³/mol. The van der Waals surface area contributed by atoms with E-state index in [4.69, 9.17) is 5.11 Å². The zero-order valence-electron chi connectivity index (χ0n) is 11.7. The molecule has 0 heterocycles. The van der Waals surface area contributed by atoms with Crippen molar-refractivity contribution >= 4 is 33.7 Å². The fourth-order valence-electron chi connectivity index (χ4n) is 2.81. The van der Waals surface area contributed by atoms with Crippen LogP contribution in [0.25, 0.3) is 6.08 Å². The van der Waals surface area contributed by atoms with Crippen LogP contribution in [0.4, 0.5) is 5.69 Å². The zero-order valence-corrected chi connectivity index (χ0v) is 13.3. The van der Waals surface area contributed by atoms with Crippen molar-refractivity contribution in [3.05, 3.63) is 34.3 Å². The first-order chi connectivity index (χ1) is 9.58. The molecule has 1 saturated carbocycles. The SMILES string of the molecule is CN(c1ccc(Br)cc1/C=C/C(=O)O)C1CCCCC1. The van der Waals surface area contributed by atoms with E-state index in [9.17, 15) is 4.79 Å². The summed E-state index contributed by atoms with van der Waals surface area (Å²) >= 11 is 3.45. The molecule has 3 nitrogen and oxygen atoms in total. The Morgan fingerprint density at radius 1 is 1.35 bits per heavy atom. The summed E-state index contributed by atoms with van der Waals surface area (Å²) in [6.07, 6.45) is 9.19. The van der Waals surface area contributed by atoms with Crippen LogP contribution >= 0.6 is 15.9 Å². The summed E-state index contributed by atoms with van der Waals surface area (Å²) < 4.78 is 0.961. The molecule has 0 unspecified atom stereocenters. The summed E-state index contributed by atoms with van der Waals surface area (Å²) in [5, 5.41) is 8.81. The number of hydrogen-bond donors (Lipinski definition) is 1. The smallest absolute Gasteiger partial charge is 0.328 e. The number of benzene rings is 1.